The molecule has 22 heavy (non-hydrogen) atoms. The summed E-state index contributed by atoms with van der Waals surface area (Å²) in [5.41, 5.74) is 0. The van der Waals surface area contributed by atoms with Crippen molar-refractivity contribution in [1.82, 2.24) is 15.1 Å². The number of unbranched alkanes of at least 4 members (excludes halogenated alkanes) is 1. The Balaban J connectivity index is 1.87. The van der Waals surface area contributed by atoms with Crippen molar-refractivity contribution in [3.05, 3.63) is 5.01 Å². The van der Waals surface area contributed by atoms with Gasteiger partial charge in [-0.25, -0.2) is 0 Å². The number of anilines is 1. The Labute approximate surface area is 135 Å². The van der Waals surface area contributed by atoms with E-state index in [0.29, 0.717) is 24.0 Å². The Morgan fingerprint density at radius 3 is 2.91 bits per heavy atom. The molecule has 1 aromatic rings. The fourth-order valence-corrected chi connectivity index (χ4v) is 3.41. The number of aromatic nitrogens is 2. The van der Waals surface area contributed by atoms with Crippen LogP contribution in [0.5, 0.6) is 0 Å². The van der Waals surface area contributed by atoms with Crippen LogP contribution in [0.25, 0.3) is 0 Å². The van der Waals surface area contributed by atoms with Gasteiger partial charge in [-0.2, -0.15) is 0 Å². The van der Waals surface area contributed by atoms with Crippen molar-refractivity contribution in [2.45, 2.75) is 46.5 Å². The van der Waals surface area contributed by atoms with Gasteiger partial charge in [0.2, 0.25) is 16.9 Å². The van der Waals surface area contributed by atoms with E-state index in [4.69, 9.17) is 0 Å². The van der Waals surface area contributed by atoms with Crippen molar-refractivity contribution >= 4 is 28.3 Å². The molecule has 1 aromatic heterocycles. The number of likely N-dealkylation sites (tertiary alicyclic amines) is 1. The quantitative estimate of drug-likeness (QED) is 0.835. The molecule has 0 aliphatic carbocycles. The van der Waals surface area contributed by atoms with Crippen molar-refractivity contribution in [1.29, 1.82) is 0 Å². The summed E-state index contributed by atoms with van der Waals surface area (Å²) >= 11 is 1.41. The first-order valence-corrected chi connectivity index (χ1v) is 8.72. The lowest BCUT2D eigenvalue weighted by Crippen LogP contribution is -2.29. The van der Waals surface area contributed by atoms with E-state index in [9.17, 15) is 9.59 Å². The van der Waals surface area contributed by atoms with E-state index in [0.717, 1.165) is 30.8 Å². The molecular formula is C15H24N4O2S. The van der Waals surface area contributed by atoms with Crippen molar-refractivity contribution in [2.75, 3.05) is 18.4 Å². The molecule has 0 bridgehead atoms. The number of nitrogens with one attached hydrogen (secondary N) is 1. The van der Waals surface area contributed by atoms with Crippen molar-refractivity contribution < 1.29 is 9.59 Å². The highest BCUT2D eigenvalue weighted by atomic mass is 32.1. The van der Waals surface area contributed by atoms with Gasteiger partial charge in [0.25, 0.3) is 0 Å². The largest absolute Gasteiger partial charge is 0.342 e. The molecule has 0 radical (unpaired) electrons. The third kappa shape index (κ3) is 4.50. The first-order chi connectivity index (χ1) is 10.5. The molecule has 0 unspecified atom stereocenters. The highest BCUT2D eigenvalue weighted by molar-refractivity contribution is 7.15. The maximum Gasteiger partial charge on any atom is 0.231 e. The van der Waals surface area contributed by atoms with Crippen LogP contribution in [0.4, 0.5) is 5.13 Å². The van der Waals surface area contributed by atoms with Crippen LogP contribution in [-0.2, 0) is 16.0 Å². The van der Waals surface area contributed by atoms with E-state index in [-0.39, 0.29) is 17.7 Å². The molecule has 6 nitrogen and oxygen atoms in total. The van der Waals surface area contributed by atoms with Crippen LogP contribution in [0.2, 0.25) is 0 Å². The normalized spacial score (nSPS) is 18.3. The fraction of sp³-hybridized carbons (Fsp3) is 0.733. The maximum atomic E-state index is 12.3. The molecule has 1 aliphatic rings. The highest BCUT2D eigenvalue weighted by Gasteiger charge is 2.34. The topological polar surface area (TPSA) is 75.2 Å². The lowest BCUT2D eigenvalue weighted by atomic mass is 10.1. The standard InChI is InChI=1S/C15H24N4O2S/c1-4-5-6-19-9-11(8-13(19)20)14(21)16-15-18-17-12(22-15)7-10(2)3/h10-11H,4-9H2,1-3H3,(H,16,18,21)/t11-/m0/s1. The maximum absolute atomic E-state index is 12.3. The molecule has 1 saturated heterocycles. The van der Waals surface area contributed by atoms with Crippen LogP contribution in [0, 0.1) is 11.8 Å². The van der Waals surface area contributed by atoms with Gasteiger partial charge < -0.3 is 10.2 Å². The number of carbonyl (C=O) groups is 2. The molecule has 122 valence electrons. The van der Waals surface area contributed by atoms with Crippen LogP contribution in [0.3, 0.4) is 0 Å². The summed E-state index contributed by atoms with van der Waals surface area (Å²) in [5, 5.41) is 12.3. The van der Waals surface area contributed by atoms with Crippen molar-refractivity contribution in [3.63, 3.8) is 0 Å². The average molecular weight is 324 g/mol. The minimum atomic E-state index is -0.276. The van der Waals surface area contributed by atoms with E-state index in [1.807, 2.05) is 0 Å². The number of carbonyl (C=O) groups excluding carboxylic acids is 2. The number of amides is 2. The van der Waals surface area contributed by atoms with Crippen LogP contribution in [0.1, 0.15) is 45.0 Å². The molecular weight excluding hydrogens is 300 g/mol. The second-order valence-corrected chi connectivity index (χ2v) is 7.24. The monoisotopic (exact) mass is 324 g/mol. The third-order valence-electron chi connectivity index (χ3n) is 3.65. The van der Waals surface area contributed by atoms with Gasteiger partial charge in [0.15, 0.2) is 0 Å². The predicted molar refractivity (Wildman–Crippen MR) is 86.7 cm³/mol. The SMILES string of the molecule is CCCCN1C[C@@H](C(=O)Nc2nnc(CC(C)C)s2)CC1=O. The molecule has 1 aliphatic heterocycles. The van der Waals surface area contributed by atoms with E-state index in [1.165, 1.54) is 11.3 Å². The highest BCUT2D eigenvalue weighted by Crippen LogP contribution is 2.22. The molecule has 1 fully saturated rings. The van der Waals surface area contributed by atoms with Gasteiger partial charge in [0.05, 0.1) is 5.92 Å². The zero-order valence-corrected chi connectivity index (χ0v) is 14.3. The summed E-state index contributed by atoms with van der Waals surface area (Å²) in [4.78, 5) is 25.9. The molecule has 2 amide bonds. The molecule has 0 aromatic carbocycles. The number of rotatable bonds is 7. The van der Waals surface area contributed by atoms with Crippen molar-refractivity contribution in [3.8, 4) is 0 Å². The lowest BCUT2D eigenvalue weighted by Gasteiger charge is -2.15. The third-order valence-corrected chi connectivity index (χ3v) is 4.51. The van der Waals surface area contributed by atoms with Crippen LogP contribution >= 0.6 is 11.3 Å². The van der Waals surface area contributed by atoms with Gasteiger partial charge in [-0.1, -0.05) is 38.5 Å². The Morgan fingerprint density at radius 2 is 2.23 bits per heavy atom. The fourth-order valence-electron chi connectivity index (χ4n) is 2.46. The van der Waals surface area contributed by atoms with Crippen LogP contribution in [-0.4, -0.2) is 40.0 Å². The molecule has 2 rings (SSSR count). The predicted octanol–water partition coefficient (Wildman–Crippen LogP) is 2.32. The summed E-state index contributed by atoms with van der Waals surface area (Å²) in [7, 11) is 0. The van der Waals surface area contributed by atoms with E-state index in [1.54, 1.807) is 4.90 Å². The second kappa shape index (κ2) is 7.67. The molecule has 1 atom stereocenters. The average Bonchev–Trinajstić information content (AvgIpc) is 3.03. The first-order valence-electron chi connectivity index (χ1n) is 7.90. The van der Waals surface area contributed by atoms with Gasteiger partial charge >= 0.3 is 0 Å². The van der Waals surface area contributed by atoms with Gasteiger partial charge in [0, 0.05) is 25.9 Å². The molecule has 7 heteroatoms. The van der Waals surface area contributed by atoms with Crippen molar-refractivity contribution in [2.24, 2.45) is 11.8 Å². The minimum Gasteiger partial charge on any atom is -0.342 e. The summed E-state index contributed by atoms with van der Waals surface area (Å²) in [6.45, 7) is 7.59. The molecule has 2 heterocycles. The summed E-state index contributed by atoms with van der Waals surface area (Å²) < 4.78 is 0. The summed E-state index contributed by atoms with van der Waals surface area (Å²) in [5.74, 6) is 0.184. The number of hydrogen-bond donors (Lipinski definition) is 1. The Kier molecular flexibility index (Phi) is 5.88. The van der Waals surface area contributed by atoms with Gasteiger partial charge in [0.1, 0.15) is 5.01 Å². The van der Waals surface area contributed by atoms with E-state index < -0.39 is 0 Å². The summed E-state index contributed by atoms with van der Waals surface area (Å²) in [6.07, 6.45) is 3.19. The number of nitrogens with zero attached hydrogens (tertiary/aromatic N) is 3. The Hall–Kier alpha value is -1.50. The van der Waals surface area contributed by atoms with E-state index in [2.05, 4.69) is 36.3 Å². The zero-order valence-electron chi connectivity index (χ0n) is 13.5. The second-order valence-electron chi connectivity index (χ2n) is 6.18. The van der Waals surface area contributed by atoms with Gasteiger partial charge in [-0.05, 0) is 12.3 Å². The molecule has 1 N–H and O–H groups in total. The smallest absolute Gasteiger partial charge is 0.231 e. The molecule has 0 spiro atoms. The van der Waals surface area contributed by atoms with Gasteiger partial charge in [-0.3, -0.25) is 9.59 Å². The van der Waals surface area contributed by atoms with Crippen LogP contribution in [0.15, 0.2) is 0 Å². The molecule has 0 saturated carbocycles. The lowest BCUT2D eigenvalue weighted by molar-refractivity contribution is -0.128. The Bertz CT molecular complexity index is 529. The minimum absolute atomic E-state index is 0.0753. The van der Waals surface area contributed by atoms with Crippen LogP contribution < -0.4 is 5.32 Å². The van der Waals surface area contributed by atoms with E-state index >= 15 is 0 Å². The summed E-state index contributed by atoms with van der Waals surface area (Å²) in [6, 6.07) is 0. The zero-order chi connectivity index (χ0) is 16.1. The number of hydrogen-bond acceptors (Lipinski definition) is 5. The Morgan fingerprint density at radius 1 is 1.45 bits per heavy atom. The first kappa shape index (κ1) is 16.9. The van der Waals surface area contributed by atoms with Gasteiger partial charge in [-0.15, -0.1) is 10.2 Å².